The minimum Gasteiger partial charge on any atom is -0.456 e. The number of hydrogen-bond donors (Lipinski definition) is 0. The Kier molecular flexibility index (Phi) is 9.32. The van der Waals surface area contributed by atoms with Gasteiger partial charge in [0, 0.05) is 38.7 Å². The minimum atomic E-state index is -0.217. The van der Waals surface area contributed by atoms with Crippen molar-refractivity contribution in [3.63, 3.8) is 0 Å². The second kappa shape index (κ2) is 15.9. The number of rotatable bonds is 7. The van der Waals surface area contributed by atoms with Crippen LogP contribution in [0.15, 0.2) is 241 Å². The highest BCUT2D eigenvalue weighted by atomic mass is 16.3. The van der Waals surface area contributed by atoms with Crippen molar-refractivity contribution in [2.45, 2.75) is 38.5 Å². The van der Waals surface area contributed by atoms with Crippen LogP contribution in [0.1, 0.15) is 49.9 Å². The number of furan rings is 1. The predicted molar refractivity (Wildman–Crippen MR) is 303 cm³/mol. The summed E-state index contributed by atoms with van der Waals surface area (Å²) in [7, 11) is 0. The quantitative estimate of drug-likeness (QED) is 0.158. The van der Waals surface area contributed by atoms with Gasteiger partial charge in [0.15, 0.2) is 0 Å². The van der Waals surface area contributed by atoms with Crippen LogP contribution in [0, 0.1) is 0 Å². The van der Waals surface area contributed by atoms with E-state index in [2.05, 4.69) is 257 Å². The van der Waals surface area contributed by atoms with E-state index in [1.54, 1.807) is 0 Å². The molecule has 342 valence electrons. The number of nitrogens with zero attached hydrogens (tertiary/aromatic N) is 1. The Hall–Kier alpha value is -8.72. The first-order valence-electron chi connectivity index (χ1n) is 25.2. The lowest BCUT2D eigenvalue weighted by Crippen LogP contribution is -2.18. The van der Waals surface area contributed by atoms with Crippen LogP contribution in [0.4, 0.5) is 17.1 Å². The van der Waals surface area contributed by atoms with Crippen LogP contribution in [0.3, 0.4) is 0 Å². The number of anilines is 3. The van der Waals surface area contributed by atoms with Gasteiger partial charge in [0.1, 0.15) is 11.2 Å². The van der Waals surface area contributed by atoms with Gasteiger partial charge >= 0.3 is 0 Å². The highest BCUT2D eigenvalue weighted by Crippen LogP contribution is 2.54. The largest absolute Gasteiger partial charge is 0.456 e. The van der Waals surface area contributed by atoms with E-state index < -0.39 is 0 Å². The maximum atomic E-state index is 6.13. The summed E-state index contributed by atoms with van der Waals surface area (Å²) in [6.07, 6.45) is 0. The van der Waals surface area contributed by atoms with Crippen LogP contribution in [0.2, 0.25) is 0 Å². The van der Waals surface area contributed by atoms with Gasteiger partial charge in [-0.25, -0.2) is 0 Å². The molecule has 0 radical (unpaired) electrons. The van der Waals surface area contributed by atoms with E-state index in [1.165, 1.54) is 99.8 Å². The molecule has 12 aromatic rings. The van der Waals surface area contributed by atoms with Crippen molar-refractivity contribution in [2.75, 3.05) is 4.90 Å². The molecule has 0 spiro atoms. The van der Waals surface area contributed by atoms with Gasteiger partial charge in [-0.05, 0) is 173 Å². The molecule has 1 aromatic heterocycles. The fraction of sp³-hybridized carbons (Fsp3) is 0.0857. The Morgan fingerprint density at radius 1 is 0.278 bits per heavy atom. The Labute approximate surface area is 421 Å². The van der Waals surface area contributed by atoms with E-state index in [1.807, 2.05) is 12.1 Å². The Bertz CT molecular complexity index is 4130. The van der Waals surface area contributed by atoms with Crippen LogP contribution in [-0.4, -0.2) is 0 Å². The van der Waals surface area contributed by atoms with Crippen molar-refractivity contribution in [1.29, 1.82) is 0 Å². The highest BCUT2D eigenvalue weighted by Gasteiger charge is 2.38. The summed E-state index contributed by atoms with van der Waals surface area (Å²) in [4.78, 5) is 2.47. The van der Waals surface area contributed by atoms with E-state index in [0.717, 1.165) is 39.0 Å². The average molecular weight is 922 g/mol. The third-order valence-electron chi connectivity index (χ3n) is 16.1. The SMILES string of the molecule is CC1(C)c2cc(-c3ccccc3)ccc2-c2ccc(N(c3ccc(-c4ccc(-c5ccc6oc7ccccc7c6c5)cc4)cc3)c3ccc4c(c3)C(C)(C)c3cc(-c5ccc6ccccc6c5)ccc3-4)cc21. The van der Waals surface area contributed by atoms with E-state index in [0.29, 0.717) is 0 Å². The lowest BCUT2D eigenvalue weighted by molar-refractivity contribution is 0.660. The summed E-state index contributed by atoms with van der Waals surface area (Å²) in [6.45, 7) is 9.57. The van der Waals surface area contributed by atoms with Gasteiger partial charge in [-0.2, -0.15) is 0 Å². The van der Waals surface area contributed by atoms with Gasteiger partial charge in [-0.3, -0.25) is 0 Å². The van der Waals surface area contributed by atoms with E-state index in [4.69, 9.17) is 4.42 Å². The smallest absolute Gasteiger partial charge is 0.135 e. The molecule has 0 bridgehead atoms. The summed E-state index contributed by atoms with van der Waals surface area (Å²) < 4.78 is 6.13. The lowest BCUT2D eigenvalue weighted by Gasteiger charge is -2.30. The van der Waals surface area contributed by atoms with Crippen LogP contribution in [0.25, 0.3) is 99.5 Å². The molecular formula is C70H51NO. The Morgan fingerprint density at radius 2 is 0.681 bits per heavy atom. The van der Waals surface area contributed by atoms with Gasteiger partial charge in [-0.1, -0.05) is 191 Å². The second-order valence-electron chi connectivity index (χ2n) is 20.9. The number of fused-ring (bicyclic) bond motifs is 10. The van der Waals surface area contributed by atoms with Gasteiger partial charge in [0.05, 0.1) is 0 Å². The van der Waals surface area contributed by atoms with Crippen LogP contribution >= 0.6 is 0 Å². The number of hydrogen-bond acceptors (Lipinski definition) is 2. The van der Waals surface area contributed by atoms with E-state index >= 15 is 0 Å². The molecule has 0 fully saturated rings. The monoisotopic (exact) mass is 921 g/mol. The topological polar surface area (TPSA) is 16.4 Å². The second-order valence-corrected chi connectivity index (χ2v) is 20.9. The maximum Gasteiger partial charge on any atom is 0.135 e. The van der Waals surface area contributed by atoms with E-state index in [9.17, 15) is 0 Å². The molecular weight excluding hydrogens is 871 g/mol. The molecule has 0 aliphatic heterocycles. The molecule has 2 heteroatoms. The van der Waals surface area contributed by atoms with Crippen molar-refractivity contribution in [1.82, 2.24) is 0 Å². The summed E-state index contributed by atoms with van der Waals surface area (Å²) in [5.41, 5.74) is 25.2. The fourth-order valence-electron chi connectivity index (χ4n) is 12.1. The molecule has 2 nitrogen and oxygen atoms in total. The van der Waals surface area contributed by atoms with Crippen molar-refractivity contribution in [2.24, 2.45) is 0 Å². The standard InChI is InChI=1S/C70H51NO/c1-69(2)63-40-52(44-12-6-5-7-13-44)26-33-57(63)59-35-31-55(42-65(59)69)71(54-29-24-47(25-30-54)46-18-20-48(21-19-46)51-28-37-68-62(39-51)61-16-10-11-17-67(61)72-68)56-32-36-60-58-34-27-53(41-64(58)70(3,4)66(60)43-56)50-23-22-45-14-8-9-15-49(45)38-50/h5-43H,1-4H3. The summed E-state index contributed by atoms with van der Waals surface area (Å²) in [5.74, 6) is 0. The van der Waals surface area contributed by atoms with Crippen LogP contribution in [-0.2, 0) is 10.8 Å². The molecule has 14 rings (SSSR count). The first-order valence-corrected chi connectivity index (χ1v) is 25.2. The Morgan fingerprint density at radius 3 is 1.32 bits per heavy atom. The lowest BCUT2D eigenvalue weighted by atomic mass is 9.81. The summed E-state index contributed by atoms with van der Waals surface area (Å²) >= 11 is 0. The molecule has 0 atom stereocenters. The van der Waals surface area contributed by atoms with Gasteiger partial charge in [-0.15, -0.1) is 0 Å². The van der Waals surface area contributed by atoms with Crippen molar-refractivity contribution < 1.29 is 4.42 Å². The number of para-hydroxylation sites is 1. The molecule has 2 aliphatic rings. The van der Waals surface area contributed by atoms with Crippen molar-refractivity contribution >= 4 is 49.8 Å². The Balaban J connectivity index is 0.840. The molecule has 0 amide bonds. The molecule has 2 aliphatic carbocycles. The van der Waals surface area contributed by atoms with Crippen molar-refractivity contribution in [3.8, 4) is 66.8 Å². The predicted octanol–water partition coefficient (Wildman–Crippen LogP) is 19.5. The average Bonchev–Trinajstić information content (AvgIpc) is 3.99. The summed E-state index contributed by atoms with van der Waals surface area (Å²) in [6, 6.07) is 87.5. The van der Waals surface area contributed by atoms with Crippen LogP contribution in [0.5, 0.6) is 0 Å². The molecule has 0 unspecified atom stereocenters. The third-order valence-corrected chi connectivity index (χ3v) is 16.1. The zero-order valence-electron chi connectivity index (χ0n) is 40.9. The molecule has 1 heterocycles. The van der Waals surface area contributed by atoms with E-state index in [-0.39, 0.29) is 10.8 Å². The fourth-order valence-corrected chi connectivity index (χ4v) is 12.1. The van der Waals surface area contributed by atoms with Gasteiger partial charge < -0.3 is 9.32 Å². The van der Waals surface area contributed by atoms with Crippen LogP contribution < -0.4 is 4.90 Å². The van der Waals surface area contributed by atoms with Crippen molar-refractivity contribution in [3.05, 3.63) is 259 Å². The third kappa shape index (κ3) is 6.63. The summed E-state index contributed by atoms with van der Waals surface area (Å²) in [5, 5.41) is 4.81. The molecule has 0 N–H and O–H groups in total. The molecule has 72 heavy (non-hydrogen) atoms. The molecule has 0 saturated carbocycles. The zero-order chi connectivity index (χ0) is 48.3. The number of benzene rings is 11. The molecule has 0 saturated heterocycles. The first-order chi connectivity index (χ1) is 35.2. The van der Waals surface area contributed by atoms with Gasteiger partial charge in [0.25, 0.3) is 0 Å². The normalized spacial score (nSPS) is 13.8. The maximum absolute atomic E-state index is 6.13. The minimum absolute atomic E-state index is 0.199. The van der Waals surface area contributed by atoms with Gasteiger partial charge in [0.2, 0.25) is 0 Å². The molecule has 11 aromatic carbocycles. The zero-order valence-corrected chi connectivity index (χ0v) is 40.9. The first kappa shape index (κ1) is 42.2. The highest BCUT2D eigenvalue weighted by molar-refractivity contribution is 6.06.